The van der Waals surface area contributed by atoms with Gasteiger partial charge in [-0.15, -0.1) is 0 Å². The molecule has 94 valence electrons. The van der Waals surface area contributed by atoms with Crippen LogP contribution < -0.4 is 0 Å². The number of rotatable bonds is 2. The third-order valence-electron chi connectivity index (χ3n) is 2.09. The Bertz CT molecular complexity index is 436. The molecule has 0 heterocycles. The summed E-state index contributed by atoms with van der Waals surface area (Å²) >= 11 is 0. The average molecular weight is 246 g/mol. The molecule has 1 rings (SSSR count). The molecular formula is C12H13F3O2. The lowest BCUT2D eigenvalue weighted by Crippen LogP contribution is -2.23. The molecule has 2 nitrogen and oxygen atoms in total. The maximum absolute atomic E-state index is 13.2. The predicted octanol–water partition coefficient (Wildman–Crippen LogP) is 3.19. The highest BCUT2D eigenvalue weighted by molar-refractivity contribution is 5.75. The van der Waals surface area contributed by atoms with E-state index in [0.717, 1.165) is 12.1 Å². The Balaban J connectivity index is 2.78. The van der Waals surface area contributed by atoms with Crippen molar-refractivity contribution in [3.63, 3.8) is 0 Å². The molecule has 1 aromatic rings. The maximum atomic E-state index is 13.2. The first-order chi connectivity index (χ1) is 7.73. The smallest absolute Gasteiger partial charge is 0.311 e. The maximum Gasteiger partial charge on any atom is 0.311 e. The minimum Gasteiger partial charge on any atom is -0.460 e. The number of carbonyl (C=O) groups excluding carboxylic acids is 1. The number of ether oxygens (including phenoxy) is 1. The Morgan fingerprint density at radius 3 is 2.29 bits per heavy atom. The minimum atomic E-state index is -1.56. The van der Waals surface area contributed by atoms with E-state index in [1.165, 1.54) is 0 Å². The van der Waals surface area contributed by atoms with E-state index in [4.69, 9.17) is 4.74 Å². The number of hydrogen-bond donors (Lipinski definition) is 0. The summed E-state index contributed by atoms with van der Waals surface area (Å²) in [6, 6.07) is 1.84. The van der Waals surface area contributed by atoms with Crippen LogP contribution in [0.25, 0.3) is 0 Å². The molecule has 0 radical (unpaired) electrons. The first-order valence-electron chi connectivity index (χ1n) is 5.03. The third kappa shape index (κ3) is 3.22. The summed E-state index contributed by atoms with van der Waals surface area (Å²) in [4.78, 5) is 11.4. The molecule has 0 saturated carbocycles. The van der Waals surface area contributed by atoms with Gasteiger partial charge in [-0.25, -0.2) is 13.2 Å². The lowest BCUT2D eigenvalue weighted by atomic mass is 9.97. The molecule has 0 aliphatic rings. The summed E-state index contributed by atoms with van der Waals surface area (Å²) in [5.41, 5.74) is -0.920. The monoisotopic (exact) mass is 246 g/mol. The van der Waals surface area contributed by atoms with E-state index in [0.29, 0.717) is 0 Å². The van der Waals surface area contributed by atoms with Crippen molar-refractivity contribution in [3.8, 4) is 0 Å². The van der Waals surface area contributed by atoms with Crippen LogP contribution in [0.5, 0.6) is 0 Å². The molecule has 0 bridgehead atoms. The van der Waals surface area contributed by atoms with Crippen LogP contribution in [0, 0.1) is 22.9 Å². The highest BCUT2D eigenvalue weighted by Gasteiger charge is 2.23. The fourth-order valence-electron chi connectivity index (χ4n) is 1.04. The van der Waals surface area contributed by atoms with Crippen molar-refractivity contribution in [2.24, 2.45) is 5.41 Å². The van der Waals surface area contributed by atoms with Gasteiger partial charge in [0, 0.05) is 5.56 Å². The van der Waals surface area contributed by atoms with Crippen molar-refractivity contribution in [1.29, 1.82) is 0 Å². The van der Waals surface area contributed by atoms with Crippen molar-refractivity contribution in [3.05, 3.63) is 35.1 Å². The van der Waals surface area contributed by atoms with Gasteiger partial charge in [0.25, 0.3) is 0 Å². The number of esters is 1. The van der Waals surface area contributed by atoms with Gasteiger partial charge in [-0.1, -0.05) is 0 Å². The molecule has 17 heavy (non-hydrogen) atoms. The van der Waals surface area contributed by atoms with E-state index in [2.05, 4.69) is 0 Å². The van der Waals surface area contributed by atoms with Crippen molar-refractivity contribution >= 4 is 5.97 Å². The lowest BCUT2D eigenvalue weighted by molar-refractivity contribution is -0.154. The lowest BCUT2D eigenvalue weighted by Gasteiger charge is -2.16. The van der Waals surface area contributed by atoms with Crippen LogP contribution in [0.4, 0.5) is 13.2 Å². The highest BCUT2D eigenvalue weighted by Crippen LogP contribution is 2.19. The molecule has 1 aromatic carbocycles. The molecule has 0 aromatic heterocycles. The van der Waals surface area contributed by atoms with Crippen LogP contribution in [-0.4, -0.2) is 5.97 Å². The summed E-state index contributed by atoms with van der Waals surface area (Å²) in [5.74, 6) is -4.70. The number of halogens is 3. The van der Waals surface area contributed by atoms with Gasteiger partial charge < -0.3 is 4.74 Å². The second-order valence-electron chi connectivity index (χ2n) is 4.66. The second-order valence-corrected chi connectivity index (χ2v) is 4.66. The fourth-order valence-corrected chi connectivity index (χ4v) is 1.04. The Morgan fingerprint density at radius 1 is 1.18 bits per heavy atom. The van der Waals surface area contributed by atoms with Crippen molar-refractivity contribution in [2.75, 3.05) is 0 Å². The van der Waals surface area contributed by atoms with E-state index in [9.17, 15) is 18.0 Å². The van der Waals surface area contributed by atoms with Gasteiger partial charge in [-0.3, -0.25) is 4.79 Å². The summed E-state index contributed by atoms with van der Waals surface area (Å²) < 4.78 is 43.5. The van der Waals surface area contributed by atoms with Crippen LogP contribution in [0.1, 0.15) is 26.3 Å². The second kappa shape index (κ2) is 4.77. The van der Waals surface area contributed by atoms with Crippen molar-refractivity contribution in [1.82, 2.24) is 0 Å². The van der Waals surface area contributed by atoms with Crippen LogP contribution in [-0.2, 0) is 16.1 Å². The van der Waals surface area contributed by atoms with E-state index < -0.39 is 35.4 Å². The number of carbonyl (C=O) groups is 1. The topological polar surface area (TPSA) is 26.3 Å². The molecule has 5 heteroatoms. The van der Waals surface area contributed by atoms with Gasteiger partial charge in [-0.2, -0.15) is 0 Å². The van der Waals surface area contributed by atoms with Gasteiger partial charge in [0.1, 0.15) is 6.61 Å². The zero-order valence-corrected chi connectivity index (χ0v) is 9.81. The van der Waals surface area contributed by atoms with E-state index >= 15 is 0 Å². The molecule has 0 unspecified atom stereocenters. The van der Waals surface area contributed by atoms with Crippen LogP contribution in [0.15, 0.2) is 12.1 Å². The molecule has 0 atom stereocenters. The quantitative estimate of drug-likeness (QED) is 0.591. The van der Waals surface area contributed by atoms with Crippen molar-refractivity contribution < 1.29 is 22.7 Å². The highest BCUT2D eigenvalue weighted by atomic mass is 19.2. The summed E-state index contributed by atoms with van der Waals surface area (Å²) in [7, 11) is 0. The van der Waals surface area contributed by atoms with Gasteiger partial charge in [-0.05, 0) is 32.9 Å². The van der Waals surface area contributed by atoms with Crippen LogP contribution >= 0.6 is 0 Å². The molecule has 0 fully saturated rings. The molecular weight excluding hydrogens is 233 g/mol. The molecule has 0 amide bonds. The predicted molar refractivity (Wildman–Crippen MR) is 55.6 cm³/mol. The zero-order chi connectivity index (χ0) is 13.2. The fraction of sp³-hybridized carbons (Fsp3) is 0.417. The third-order valence-corrected chi connectivity index (χ3v) is 2.09. The van der Waals surface area contributed by atoms with E-state index in [-0.39, 0.29) is 5.56 Å². The van der Waals surface area contributed by atoms with E-state index in [1.807, 2.05) is 0 Å². The Labute approximate surface area is 97.4 Å². The summed E-state index contributed by atoms with van der Waals surface area (Å²) in [6.07, 6.45) is 0. The van der Waals surface area contributed by atoms with Crippen molar-refractivity contribution in [2.45, 2.75) is 27.4 Å². The minimum absolute atomic E-state index is 0.193. The first-order valence-corrected chi connectivity index (χ1v) is 5.03. The molecule has 0 aliphatic heterocycles. The standard InChI is InChI=1S/C12H13F3O2/c1-12(2,3)11(16)17-6-7-4-5-8(13)10(15)9(7)14/h4-5H,6H2,1-3H3. The van der Waals surface area contributed by atoms with Crippen LogP contribution in [0.2, 0.25) is 0 Å². The van der Waals surface area contributed by atoms with Gasteiger partial charge in [0.2, 0.25) is 0 Å². The molecule has 0 spiro atoms. The number of benzene rings is 1. The largest absolute Gasteiger partial charge is 0.460 e. The summed E-state index contributed by atoms with van der Waals surface area (Å²) in [6.45, 7) is 4.49. The van der Waals surface area contributed by atoms with Crippen LogP contribution in [0.3, 0.4) is 0 Å². The summed E-state index contributed by atoms with van der Waals surface area (Å²) in [5, 5.41) is 0. The SMILES string of the molecule is CC(C)(C)C(=O)OCc1ccc(F)c(F)c1F. The van der Waals surface area contributed by atoms with Gasteiger partial charge in [0.05, 0.1) is 5.41 Å². The normalized spacial score (nSPS) is 11.4. The molecule has 0 aliphatic carbocycles. The Hall–Kier alpha value is -1.52. The van der Waals surface area contributed by atoms with Gasteiger partial charge >= 0.3 is 5.97 Å². The van der Waals surface area contributed by atoms with E-state index in [1.54, 1.807) is 20.8 Å². The van der Waals surface area contributed by atoms with Gasteiger partial charge in [0.15, 0.2) is 17.5 Å². The molecule has 0 N–H and O–H groups in total. The Morgan fingerprint density at radius 2 is 1.76 bits per heavy atom. The Kier molecular flexibility index (Phi) is 3.80. The first kappa shape index (κ1) is 13.5. The average Bonchev–Trinajstić information content (AvgIpc) is 2.23. The molecule has 0 saturated heterocycles. The zero-order valence-electron chi connectivity index (χ0n) is 9.81. The number of hydrogen-bond acceptors (Lipinski definition) is 2.